The van der Waals surface area contributed by atoms with Gasteiger partial charge < -0.3 is 18.7 Å². The van der Waals surface area contributed by atoms with Crippen molar-refractivity contribution in [2.75, 3.05) is 32.9 Å². The summed E-state index contributed by atoms with van der Waals surface area (Å²) in [5, 5.41) is 14.0. The Labute approximate surface area is 279 Å². The van der Waals surface area contributed by atoms with Crippen LogP contribution in [-0.4, -0.2) is 54.2 Å². The summed E-state index contributed by atoms with van der Waals surface area (Å²) in [7, 11) is 0. The maximum Gasteiger partial charge on any atom is 0.240 e. The number of morpholine rings is 1. The predicted molar refractivity (Wildman–Crippen MR) is 177 cm³/mol. The highest BCUT2D eigenvalue weighted by molar-refractivity contribution is 6.32. The number of hydrogen-bond donors (Lipinski definition) is 0. The minimum atomic E-state index is -0.815. The third-order valence-corrected chi connectivity index (χ3v) is 9.12. The number of rotatable bonds is 11. The van der Waals surface area contributed by atoms with Gasteiger partial charge in [0.2, 0.25) is 5.89 Å². The van der Waals surface area contributed by atoms with E-state index in [1.54, 1.807) is 24.3 Å². The number of benzene rings is 3. The maximum atomic E-state index is 12.0. The monoisotopic (exact) mass is 650 g/mol. The van der Waals surface area contributed by atoms with Gasteiger partial charge in [0.1, 0.15) is 24.7 Å². The molecular formula is C37H35ClN4O5. The van der Waals surface area contributed by atoms with Crippen LogP contribution in [0.2, 0.25) is 5.02 Å². The minimum Gasteiger partial charge on any atom is -0.490 e. The average molecular weight is 651 g/mol. The van der Waals surface area contributed by atoms with Gasteiger partial charge in [0, 0.05) is 25.1 Å². The largest absolute Gasteiger partial charge is 0.490 e. The molecule has 0 spiro atoms. The van der Waals surface area contributed by atoms with E-state index >= 15 is 0 Å². The van der Waals surface area contributed by atoms with Crippen LogP contribution >= 0.6 is 11.6 Å². The number of carbonyl (C=O) groups is 1. The number of aldehydes is 1. The van der Waals surface area contributed by atoms with Crippen LogP contribution < -0.4 is 9.47 Å². The Balaban J connectivity index is 1.31. The number of aromatic nitrogens is 2. The molecule has 0 radical (unpaired) electrons. The van der Waals surface area contributed by atoms with Gasteiger partial charge in [-0.3, -0.25) is 9.69 Å². The molecule has 1 aliphatic heterocycles. The van der Waals surface area contributed by atoms with Gasteiger partial charge in [-0.25, -0.2) is 0 Å². The quantitative estimate of drug-likeness (QED) is 0.163. The lowest BCUT2D eigenvalue weighted by atomic mass is 9.68. The highest BCUT2D eigenvalue weighted by atomic mass is 35.5. The van der Waals surface area contributed by atoms with Crippen LogP contribution in [0.1, 0.15) is 51.3 Å². The molecule has 240 valence electrons. The van der Waals surface area contributed by atoms with E-state index in [4.69, 9.17) is 35.3 Å². The molecule has 3 aromatic carbocycles. The molecule has 0 bridgehead atoms. The highest BCUT2D eigenvalue weighted by Gasteiger charge is 2.45. The fourth-order valence-corrected chi connectivity index (χ4v) is 6.27. The third kappa shape index (κ3) is 7.00. The molecule has 4 aromatic rings. The number of nitriles is 1. The van der Waals surface area contributed by atoms with E-state index in [2.05, 4.69) is 54.3 Å². The van der Waals surface area contributed by atoms with E-state index in [0.717, 1.165) is 35.4 Å². The summed E-state index contributed by atoms with van der Waals surface area (Å²) in [4.78, 5) is 19.1. The molecule has 2 atom stereocenters. The van der Waals surface area contributed by atoms with Crippen molar-refractivity contribution in [1.82, 2.24) is 15.0 Å². The second kappa shape index (κ2) is 14.3. The Morgan fingerprint density at radius 3 is 2.72 bits per heavy atom. The van der Waals surface area contributed by atoms with Crippen molar-refractivity contribution in [3.8, 4) is 17.6 Å². The maximum absolute atomic E-state index is 12.0. The SMILES string of the molecule is Cc1ccccc1C1=CC=CC(COc2cc(OCc3cccc(C#N)c3)c(C=O)cc2Cl)(c2noc(CN3CCOCC3)n2)C1C. The number of halogens is 1. The van der Waals surface area contributed by atoms with Crippen molar-refractivity contribution in [1.29, 1.82) is 5.26 Å². The van der Waals surface area contributed by atoms with Crippen LogP contribution in [0.4, 0.5) is 0 Å². The second-order valence-electron chi connectivity index (χ2n) is 11.8. The summed E-state index contributed by atoms with van der Waals surface area (Å²) in [5.74, 6) is 1.59. The standard InChI is InChI=1S/C37H35ClN4O5/c1-25-7-3-4-10-30(25)31-11-6-12-37(26(31)2,36-40-35(47-41-36)21-42-13-15-44-16-14-42)24-46-34-19-33(29(22-43)18-32(34)38)45-23-28-9-5-8-27(17-28)20-39/h3-12,17-19,22,26H,13-16,21,23-24H2,1-2H3. The summed E-state index contributed by atoms with van der Waals surface area (Å²) in [5.41, 5.74) is 4.20. The van der Waals surface area contributed by atoms with Crippen molar-refractivity contribution in [2.45, 2.75) is 32.4 Å². The molecule has 47 heavy (non-hydrogen) atoms. The predicted octanol–water partition coefficient (Wildman–Crippen LogP) is 6.73. The molecule has 0 amide bonds. The fourth-order valence-electron chi connectivity index (χ4n) is 6.04. The van der Waals surface area contributed by atoms with Crippen LogP contribution in [0.3, 0.4) is 0 Å². The summed E-state index contributed by atoms with van der Waals surface area (Å²) >= 11 is 6.67. The molecule has 2 unspecified atom stereocenters. The molecule has 9 nitrogen and oxygen atoms in total. The van der Waals surface area contributed by atoms with Gasteiger partial charge in [0.05, 0.1) is 47.4 Å². The van der Waals surface area contributed by atoms with Crippen LogP contribution in [0.25, 0.3) is 5.57 Å². The van der Waals surface area contributed by atoms with Gasteiger partial charge in [-0.05, 0) is 47.4 Å². The van der Waals surface area contributed by atoms with E-state index in [-0.39, 0.29) is 29.7 Å². The molecule has 0 saturated carbocycles. The van der Waals surface area contributed by atoms with Gasteiger partial charge in [-0.15, -0.1) is 0 Å². The van der Waals surface area contributed by atoms with Crippen molar-refractivity contribution < 1.29 is 23.5 Å². The van der Waals surface area contributed by atoms with Crippen LogP contribution in [-0.2, 0) is 23.3 Å². The molecule has 2 heterocycles. The van der Waals surface area contributed by atoms with E-state index in [1.165, 1.54) is 6.07 Å². The first-order chi connectivity index (χ1) is 22.9. The number of allylic oxidation sites excluding steroid dienone is 3. The number of hydrogen-bond acceptors (Lipinski definition) is 9. The molecule has 1 fully saturated rings. The lowest BCUT2D eigenvalue weighted by Gasteiger charge is -2.37. The lowest BCUT2D eigenvalue weighted by Crippen LogP contribution is -2.41. The Bertz CT molecular complexity index is 1860. The zero-order valence-electron chi connectivity index (χ0n) is 26.3. The van der Waals surface area contributed by atoms with E-state index in [1.807, 2.05) is 24.3 Å². The van der Waals surface area contributed by atoms with Crippen LogP contribution in [0, 0.1) is 24.2 Å². The van der Waals surface area contributed by atoms with Gasteiger partial charge in [-0.1, -0.05) is 78.3 Å². The van der Waals surface area contributed by atoms with Gasteiger partial charge >= 0.3 is 0 Å². The first kappa shape index (κ1) is 32.2. The van der Waals surface area contributed by atoms with E-state index in [9.17, 15) is 10.1 Å². The first-order valence-corrected chi connectivity index (χ1v) is 15.9. The topological polar surface area (TPSA) is 111 Å². The van der Waals surface area contributed by atoms with Crippen LogP contribution in [0.5, 0.6) is 11.5 Å². The summed E-state index contributed by atoms with van der Waals surface area (Å²) < 4.78 is 23.9. The number of nitrogens with zero attached hydrogens (tertiary/aromatic N) is 4. The number of aryl methyl sites for hydroxylation is 1. The third-order valence-electron chi connectivity index (χ3n) is 8.82. The van der Waals surface area contributed by atoms with E-state index < -0.39 is 5.41 Å². The molecule has 1 aliphatic carbocycles. The fraction of sp³-hybridized carbons (Fsp3) is 0.297. The van der Waals surface area contributed by atoms with Crippen LogP contribution in [0.15, 0.2) is 83.4 Å². The summed E-state index contributed by atoms with van der Waals surface area (Å²) in [6, 6.07) is 20.7. The van der Waals surface area contributed by atoms with Gasteiger partial charge in [0.15, 0.2) is 12.1 Å². The molecule has 0 N–H and O–H groups in total. The number of ether oxygens (including phenoxy) is 3. The second-order valence-corrected chi connectivity index (χ2v) is 12.2. The smallest absolute Gasteiger partial charge is 0.240 e. The number of carbonyl (C=O) groups excluding carboxylic acids is 1. The molecule has 2 aliphatic rings. The molecule has 1 saturated heterocycles. The summed E-state index contributed by atoms with van der Waals surface area (Å²) in [6.45, 7) is 8.00. The Morgan fingerprint density at radius 1 is 1.11 bits per heavy atom. The molecular weight excluding hydrogens is 616 g/mol. The first-order valence-electron chi connectivity index (χ1n) is 15.5. The molecule has 1 aromatic heterocycles. The molecule has 6 rings (SSSR count). The lowest BCUT2D eigenvalue weighted by molar-refractivity contribution is 0.0297. The van der Waals surface area contributed by atoms with Gasteiger partial charge in [0.25, 0.3) is 0 Å². The summed E-state index contributed by atoms with van der Waals surface area (Å²) in [6.07, 6.45) is 6.90. The van der Waals surface area contributed by atoms with Crippen molar-refractivity contribution in [3.05, 3.63) is 123 Å². The average Bonchev–Trinajstić information content (AvgIpc) is 3.57. The normalized spacial score (nSPS) is 19.5. The van der Waals surface area contributed by atoms with Crippen molar-refractivity contribution >= 4 is 23.5 Å². The van der Waals surface area contributed by atoms with Gasteiger partial charge in [-0.2, -0.15) is 10.2 Å². The Kier molecular flexibility index (Phi) is 9.83. The highest BCUT2D eigenvalue weighted by Crippen LogP contribution is 2.45. The Hall–Kier alpha value is -4.75. The molecule has 10 heteroatoms. The van der Waals surface area contributed by atoms with Crippen molar-refractivity contribution in [3.63, 3.8) is 0 Å². The van der Waals surface area contributed by atoms with Crippen molar-refractivity contribution in [2.24, 2.45) is 5.92 Å². The zero-order valence-corrected chi connectivity index (χ0v) is 27.1. The zero-order chi connectivity index (χ0) is 32.8. The van der Waals surface area contributed by atoms with E-state index in [0.29, 0.717) is 54.8 Å². The minimum absolute atomic E-state index is 0.112. The Morgan fingerprint density at radius 2 is 1.94 bits per heavy atom.